The number of carbonyl (C=O) groups excluding carboxylic acids is 1. The molecule has 0 spiro atoms. The molecule has 1 aromatic carbocycles. The van der Waals surface area contributed by atoms with Gasteiger partial charge in [-0.3, -0.25) is 4.79 Å². The summed E-state index contributed by atoms with van der Waals surface area (Å²) in [4.78, 5) is 15.5. The molecule has 0 aliphatic carbocycles. The Balaban J connectivity index is 2.18. The zero-order valence-electron chi connectivity index (χ0n) is 9.92. The first-order valence-electron chi connectivity index (χ1n) is 5.41. The van der Waals surface area contributed by atoms with Gasteiger partial charge in [-0.2, -0.15) is 0 Å². The van der Waals surface area contributed by atoms with Gasteiger partial charge in [0, 0.05) is 0 Å². The first kappa shape index (κ1) is 11.9. The minimum absolute atomic E-state index is 0.103. The molecular weight excluding hydrogens is 228 g/mol. The Morgan fingerprint density at radius 1 is 1.44 bits per heavy atom. The Morgan fingerprint density at radius 2 is 2.17 bits per heavy atom. The second kappa shape index (κ2) is 5.15. The monoisotopic (exact) mass is 240 g/mol. The van der Waals surface area contributed by atoms with Crippen molar-refractivity contribution in [3.63, 3.8) is 0 Å². The largest absolute Gasteiger partial charge is 0.338 e. The maximum absolute atomic E-state index is 11.6. The van der Waals surface area contributed by atoms with Crippen molar-refractivity contribution in [2.24, 2.45) is 0 Å². The van der Waals surface area contributed by atoms with Gasteiger partial charge in [0.2, 0.25) is 5.82 Å². The predicted octanol–water partition coefficient (Wildman–Crippen LogP) is 0.939. The van der Waals surface area contributed by atoms with Gasteiger partial charge in [0.1, 0.15) is 6.33 Å². The highest BCUT2D eigenvalue weighted by Crippen LogP contribution is 2.07. The van der Waals surface area contributed by atoms with E-state index in [1.54, 1.807) is 4.68 Å². The second-order valence-electron chi connectivity index (χ2n) is 3.74. The Labute approximate surface area is 105 Å². The van der Waals surface area contributed by atoms with Crippen molar-refractivity contribution in [1.82, 2.24) is 20.1 Å². The number of aromatic nitrogens is 3. The van der Waals surface area contributed by atoms with Crippen LogP contribution in [0.4, 0.5) is 0 Å². The smallest absolute Gasteiger partial charge is 0.291 e. The standard InChI is InChI=1S/C13H12N4O/c1-3-8-14-13(18)12-15-9-17(16-12)11-6-4-10(2)5-7-11/h1,4-7,9H,8H2,2H3,(H,14,18). The number of amides is 1. The zero-order chi connectivity index (χ0) is 13.0. The fraction of sp³-hybridized carbons (Fsp3) is 0.154. The summed E-state index contributed by atoms with van der Waals surface area (Å²) in [6.07, 6.45) is 6.55. The molecule has 0 bridgehead atoms. The summed E-state index contributed by atoms with van der Waals surface area (Å²) >= 11 is 0. The summed E-state index contributed by atoms with van der Waals surface area (Å²) < 4.78 is 1.55. The number of nitrogens with one attached hydrogen (secondary N) is 1. The van der Waals surface area contributed by atoms with E-state index >= 15 is 0 Å². The molecule has 1 N–H and O–H groups in total. The van der Waals surface area contributed by atoms with Crippen LogP contribution in [0, 0.1) is 19.3 Å². The van der Waals surface area contributed by atoms with Crippen molar-refractivity contribution in [3.05, 3.63) is 42.0 Å². The molecule has 0 atom stereocenters. The highest BCUT2D eigenvalue weighted by Gasteiger charge is 2.10. The van der Waals surface area contributed by atoms with E-state index in [2.05, 4.69) is 21.3 Å². The fourth-order valence-corrected chi connectivity index (χ4v) is 1.40. The molecule has 0 radical (unpaired) electrons. The van der Waals surface area contributed by atoms with Crippen LogP contribution < -0.4 is 5.32 Å². The third kappa shape index (κ3) is 2.55. The maximum Gasteiger partial charge on any atom is 0.291 e. The molecule has 18 heavy (non-hydrogen) atoms. The molecule has 90 valence electrons. The Hall–Kier alpha value is -2.61. The van der Waals surface area contributed by atoms with Crippen molar-refractivity contribution in [3.8, 4) is 18.0 Å². The molecule has 1 heterocycles. The van der Waals surface area contributed by atoms with Crippen LogP contribution in [-0.2, 0) is 0 Å². The van der Waals surface area contributed by atoms with Gasteiger partial charge in [-0.05, 0) is 19.1 Å². The topological polar surface area (TPSA) is 59.8 Å². The van der Waals surface area contributed by atoms with Gasteiger partial charge in [0.25, 0.3) is 5.91 Å². The van der Waals surface area contributed by atoms with Crippen molar-refractivity contribution in [2.75, 3.05) is 6.54 Å². The number of aryl methyl sites for hydroxylation is 1. The van der Waals surface area contributed by atoms with E-state index in [1.165, 1.54) is 6.33 Å². The van der Waals surface area contributed by atoms with Gasteiger partial charge >= 0.3 is 0 Å². The summed E-state index contributed by atoms with van der Waals surface area (Å²) in [5.74, 6) is 2.05. The Bertz CT molecular complexity index is 592. The molecule has 0 saturated carbocycles. The minimum atomic E-state index is -0.376. The predicted molar refractivity (Wildman–Crippen MR) is 67.3 cm³/mol. The molecule has 2 aromatic rings. The SMILES string of the molecule is C#CCNC(=O)c1ncn(-c2ccc(C)cc2)n1. The molecular formula is C13H12N4O. The van der Waals surface area contributed by atoms with Crippen LogP contribution >= 0.6 is 0 Å². The number of terminal acetylenes is 1. The van der Waals surface area contributed by atoms with Crippen LogP contribution in [0.5, 0.6) is 0 Å². The lowest BCUT2D eigenvalue weighted by molar-refractivity contribution is 0.0948. The number of nitrogens with zero attached hydrogens (tertiary/aromatic N) is 3. The number of benzene rings is 1. The van der Waals surface area contributed by atoms with Gasteiger partial charge in [-0.15, -0.1) is 11.5 Å². The van der Waals surface area contributed by atoms with Crippen LogP contribution in [0.3, 0.4) is 0 Å². The third-order valence-electron chi connectivity index (χ3n) is 2.34. The molecule has 5 nitrogen and oxygen atoms in total. The van der Waals surface area contributed by atoms with E-state index in [1.807, 2.05) is 31.2 Å². The van der Waals surface area contributed by atoms with E-state index in [0.717, 1.165) is 11.3 Å². The van der Waals surface area contributed by atoms with Gasteiger partial charge in [-0.1, -0.05) is 23.6 Å². The Kier molecular flexibility index (Phi) is 3.39. The summed E-state index contributed by atoms with van der Waals surface area (Å²) in [5, 5.41) is 6.60. The van der Waals surface area contributed by atoms with E-state index in [0.29, 0.717) is 0 Å². The van der Waals surface area contributed by atoms with E-state index in [9.17, 15) is 4.79 Å². The molecule has 2 rings (SSSR count). The van der Waals surface area contributed by atoms with Crippen LogP contribution in [-0.4, -0.2) is 27.2 Å². The maximum atomic E-state index is 11.6. The molecule has 0 fully saturated rings. The molecule has 1 aromatic heterocycles. The van der Waals surface area contributed by atoms with Crippen molar-refractivity contribution < 1.29 is 4.79 Å². The normalized spacial score (nSPS) is 9.78. The van der Waals surface area contributed by atoms with Gasteiger partial charge in [0.05, 0.1) is 12.2 Å². The number of hydrogen-bond donors (Lipinski definition) is 1. The number of carbonyl (C=O) groups is 1. The van der Waals surface area contributed by atoms with Crippen LogP contribution in [0.1, 0.15) is 16.2 Å². The van der Waals surface area contributed by atoms with Crippen molar-refractivity contribution in [1.29, 1.82) is 0 Å². The molecule has 0 unspecified atom stereocenters. The fourth-order valence-electron chi connectivity index (χ4n) is 1.40. The average molecular weight is 240 g/mol. The first-order chi connectivity index (χ1) is 8.70. The summed E-state index contributed by atoms with van der Waals surface area (Å²) in [6.45, 7) is 2.17. The van der Waals surface area contributed by atoms with E-state index in [4.69, 9.17) is 6.42 Å². The second-order valence-corrected chi connectivity index (χ2v) is 3.74. The summed E-state index contributed by atoms with van der Waals surface area (Å²) in [7, 11) is 0. The summed E-state index contributed by atoms with van der Waals surface area (Å²) in [5.41, 5.74) is 2.01. The molecule has 5 heteroatoms. The number of rotatable bonds is 3. The van der Waals surface area contributed by atoms with Crippen LogP contribution in [0.15, 0.2) is 30.6 Å². The minimum Gasteiger partial charge on any atom is -0.338 e. The van der Waals surface area contributed by atoms with E-state index in [-0.39, 0.29) is 18.3 Å². The Morgan fingerprint density at radius 3 is 2.83 bits per heavy atom. The highest BCUT2D eigenvalue weighted by atomic mass is 16.2. The van der Waals surface area contributed by atoms with Gasteiger partial charge in [-0.25, -0.2) is 9.67 Å². The average Bonchev–Trinajstić information content (AvgIpc) is 2.86. The lowest BCUT2D eigenvalue weighted by Crippen LogP contribution is -2.24. The van der Waals surface area contributed by atoms with Gasteiger partial charge < -0.3 is 5.32 Å². The summed E-state index contributed by atoms with van der Waals surface area (Å²) in [6, 6.07) is 7.75. The lowest BCUT2D eigenvalue weighted by Gasteiger charge is -2.00. The zero-order valence-corrected chi connectivity index (χ0v) is 9.92. The van der Waals surface area contributed by atoms with Crippen LogP contribution in [0.2, 0.25) is 0 Å². The van der Waals surface area contributed by atoms with Gasteiger partial charge in [0.15, 0.2) is 0 Å². The molecule has 1 amide bonds. The third-order valence-corrected chi connectivity index (χ3v) is 2.34. The lowest BCUT2D eigenvalue weighted by atomic mass is 10.2. The quantitative estimate of drug-likeness (QED) is 0.812. The molecule has 0 saturated heterocycles. The van der Waals surface area contributed by atoms with Crippen molar-refractivity contribution in [2.45, 2.75) is 6.92 Å². The molecule has 0 aliphatic rings. The number of hydrogen-bond acceptors (Lipinski definition) is 3. The van der Waals surface area contributed by atoms with Crippen LogP contribution in [0.25, 0.3) is 5.69 Å². The van der Waals surface area contributed by atoms with E-state index < -0.39 is 0 Å². The molecule has 0 aliphatic heterocycles. The van der Waals surface area contributed by atoms with Crippen molar-refractivity contribution >= 4 is 5.91 Å². The first-order valence-corrected chi connectivity index (χ1v) is 5.41. The highest BCUT2D eigenvalue weighted by molar-refractivity contribution is 5.90.